The third-order valence-corrected chi connectivity index (χ3v) is 1.32. The highest BCUT2D eigenvalue weighted by Crippen LogP contribution is 2.06. The second kappa shape index (κ2) is 1.99. The molecule has 0 aromatic rings. The van der Waals surface area contributed by atoms with Gasteiger partial charge >= 0.3 is 0 Å². The van der Waals surface area contributed by atoms with Crippen LogP contribution in [0.5, 0.6) is 0 Å². The molecule has 0 aromatic carbocycles. The normalized spacial score (nSPS) is 27.6. The van der Waals surface area contributed by atoms with Gasteiger partial charge in [0.25, 0.3) is 0 Å². The summed E-state index contributed by atoms with van der Waals surface area (Å²) < 4.78 is 0. The number of hydrogen-bond donors (Lipinski definition) is 1. The molecule has 0 bridgehead atoms. The van der Waals surface area contributed by atoms with Crippen molar-refractivity contribution >= 4 is 6.21 Å². The predicted octanol–water partition coefficient (Wildman–Crippen LogP) is 0.550. The Morgan fingerprint density at radius 2 is 2.62 bits per heavy atom. The Labute approximate surface area is 49.1 Å². The van der Waals surface area contributed by atoms with E-state index in [0.29, 0.717) is 5.92 Å². The maximum atomic E-state index is 5.55. The average molecular weight is 110 g/mol. The Hall–Kier alpha value is -0.790. The second-order valence-corrected chi connectivity index (χ2v) is 2.08. The summed E-state index contributed by atoms with van der Waals surface area (Å²) in [4.78, 5) is 4.03. The lowest BCUT2D eigenvalue weighted by atomic mass is 10.1. The number of aliphatic imine (C=N–C) groups is 1. The van der Waals surface area contributed by atoms with Crippen LogP contribution in [0.25, 0.3) is 0 Å². The highest BCUT2D eigenvalue weighted by molar-refractivity contribution is 5.73. The second-order valence-electron chi connectivity index (χ2n) is 2.08. The Morgan fingerprint density at radius 1 is 1.88 bits per heavy atom. The average Bonchev–Trinajstić information content (AvgIpc) is 1.77. The van der Waals surface area contributed by atoms with Gasteiger partial charge in [0.1, 0.15) is 0 Å². The summed E-state index contributed by atoms with van der Waals surface area (Å²) in [6.45, 7) is 2.92. The van der Waals surface area contributed by atoms with Crippen molar-refractivity contribution in [2.75, 3.05) is 6.54 Å². The summed E-state index contributed by atoms with van der Waals surface area (Å²) in [5, 5.41) is 0. The van der Waals surface area contributed by atoms with Gasteiger partial charge in [0, 0.05) is 24.4 Å². The lowest BCUT2D eigenvalue weighted by Gasteiger charge is -2.10. The van der Waals surface area contributed by atoms with Crippen molar-refractivity contribution in [3.8, 4) is 0 Å². The Kier molecular flexibility index (Phi) is 1.33. The largest absolute Gasteiger partial charge is 0.402 e. The van der Waals surface area contributed by atoms with E-state index < -0.39 is 0 Å². The molecule has 0 radical (unpaired) electrons. The van der Waals surface area contributed by atoms with Crippen LogP contribution >= 0.6 is 0 Å². The van der Waals surface area contributed by atoms with Crippen molar-refractivity contribution in [3.05, 3.63) is 11.8 Å². The molecule has 1 atom stereocenters. The van der Waals surface area contributed by atoms with Gasteiger partial charge in [-0.05, 0) is 6.08 Å². The highest BCUT2D eigenvalue weighted by Gasteiger charge is 2.04. The van der Waals surface area contributed by atoms with Crippen molar-refractivity contribution in [3.63, 3.8) is 0 Å². The standard InChI is InChI=1S/C6H10N2/c1-5-4-8-3-2-6(5)7/h2-3,5H,4,7H2,1H3. The van der Waals surface area contributed by atoms with E-state index in [1.54, 1.807) is 6.21 Å². The van der Waals surface area contributed by atoms with Crippen molar-refractivity contribution in [2.24, 2.45) is 16.6 Å². The molecule has 2 nitrogen and oxygen atoms in total. The Balaban J connectivity index is 2.66. The van der Waals surface area contributed by atoms with Crippen molar-refractivity contribution in [1.82, 2.24) is 0 Å². The third-order valence-electron chi connectivity index (χ3n) is 1.32. The summed E-state index contributed by atoms with van der Waals surface area (Å²) in [7, 11) is 0. The van der Waals surface area contributed by atoms with E-state index in [2.05, 4.69) is 11.9 Å². The van der Waals surface area contributed by atoms with Crippen LogP contribution in [0.15, 0.2) is 16.8 Å². The predicted molar refractivity (Wildman–Crippen MR) is 34.8 cm³/mol. The third kappa shape index (κ3) is 0.886. The maximum absolute atomic E-state index is 5.55. The van der Waals surface area contributed by atoms with Crippen LogP contribution in [0.1, 0.15) is 6.92 Å². The molecule has 0 amide bonds. The lowest BCUT2D eigenvalue weighted by molar-refractivity contribution is 0.681. The van der Waals surface area contributed by atoms with Gasteiger partial charge in [0.05, 0.1) is 0 Å². The van der Waals surface area contributed by atoms with Gasteiger partial charge in [-0.1, -0.05) is 6.92 Å². The van der Waals surface area contributed by atoms with Crippen molar-refractivity contribution in [2.45, 2.75) is 6.92 Å². The lowest BCUT2D eigenvalue weighted by Crippen LogP contribution is -2.14. The molecule has 2 N–H and O–H groups in total. The molecule has 1 unspecified atom stereocenters. The van der Waals surface area contributed by atoms with Crippen LogP contribution in [0.2, 0.25) is 0 Å². The first-order valence-electron chi connectivity index (χ1n) is 2.76. The van der Waals surface area contributed by atoms with E-state index in [-0.39, 0.29) is 0 Å². The zero-order chi connectivity index (χ0) is 5.98. The minimum Gasteiger partial charge on any atom is -0.402 e. The van der Waals surface area contributed by atoms with Gasteiger partial charge in [-0.2, -0.15) is 0 Å². The number of nitrogens with zero attached hydrogens (tertiary/aromatic N) is 1. The summed E-state index contributed by atoms with van der Waals surface area (Å²) in [6.07, 6.45) is 3.61. The summed E-state index contributed by atoms with van der Waals surface area (Å²) in [5.41, 5.74) is 6.49. The zero-order valence-corrected chi connectivity index (χ0v) is 4.96. The smallest absolute Gasteiger partial charge is 0.0469 e. The molecule has 0 saturated heterocycles. The first kappa shape index (κ1) is 5.35. The fourth-order valence-electron chi connectivity index (χ4n) is 0.627. The van der Waals surface area contributed by atoms with Gasteiger partial charge in [0.2, 0.25) is 0 Å². The fraction of sp³-hybridized carbons (Fsp3) is 0.500. The molecular formula is C6H10N2. The molecule has 1 rings (SSSR count). The van der Waals surface area contributed by atoms with Crippen LogP contribution in [0.4, 0.5) is 0 Å². The number of allylic oxidation sites excluding steroid dienone is 1. The molecule has 44 valence electrons. The molecule has 0 spiro atoms. The first-order valence-corrected chi connectivity index (χ1v) is 2.76. The quantitative estimate of drug-likeness (QED) is 0.486. The molecule has 0 aromatic heterocycles. The van der Waals surface area contributed by atoms with Crippen LogP contribution in [-0.2, 0) is 0 Å². The van der Waals surface area contributed by atoms with E-state index in [0.717, 1.165) is 12.2 Å². The Morgan fingerprint density at radius 3 is 3.00 bits per heavy atom. The maximum Gasteiger partial charge on any atom is 0.0469 e. The van der Waals surface area contributed by atoms with Gasteiger partial charge in [-0.25, -0.2) is 0 Å². The van der Waals surface area contributed by atoms with E-state index in [1.165, 1.54) is 0 Å². The number of dihydropyridines is 1. The topological polar surface area (TPSA) is 38.4 Å². The SMILES string of the molecule is CC1CN=CC=C1N. The van der Waals surface area contributed by atoms with Gasteiger partial charge in [-0.15, -0.1) is 0 Å². The van der Waals surface area contributed by atoms with E-state index in [9.17, 15) is 0 Å². The minimum atomic E-state index is 0.444. The fourth-order valence-corrected chi connectivity index (χ4v) is 0.627. The van der Waals surface area contributed by atoms with Crippen molar-refractivity contribution in [1.29, 1.82) is 0 Å². The van der Waals surface area contributed by atoms with Crippen LogP contribution < -0.4 is 5.73 Å². The number of nitrogens with two attached hydrogens (primary N) is 1. The van der Waals surface area contributed by atoms with E-state index in [1.807, 2.05) is 6.08 Å². The van der Waals surface area contributed by atoms with Gasteiger partial charge in [-0.3, -0.25) is 4.99 Å². The first-order chi connectivity index (χ1) is 3.80. The molecule has 0 saturated carbocycles. The van der Waals surface area contributed by atoms with Crippen LogP contribution in [0.3, 0.4) is 0 Å². The molecule has 1 heterocycles. The molecule has 0 fully saturated rings. The molecule has 2 heteroatoms. The van der Waals surface area contributed by atoms with Crippen LogP contribution in [0, 0.1) is 5.92 Å². The Bertz CT molecular complexity index is 135. The van der Waals surface area contributed by atoms with Crippen LogP contribution in [-0.4, -0.2) is 12.8 Å². The number of rotatable bonds is 0. The summed E-state index contributed by atoms with van der Waals surface area (Å²) in [5.74, 6) is 0.444. The monoisotopic (exact) mass is 110 g/mol. The van der Waals surface area contributed by atoms with Gasteiger partial charge < -0.3 is 5.73 Å². The molecule has 8 heavy (non-hydrogen) atoms. The highest BCUT2D eigenvalue weighted by atomic mass is 14.8. The molecule has 0 aliphatic carbocycles. The molecular weight excluding hydrogens is 100 g/mol. The van der Waals surface area contributed by atoms with E-state index in [4.69, 9.17) is 5.73 Å². The minimum absolute atomic E-state index is 0.444. The van der Waals surface area contributed by atoms with Gasteiger partial charge in [0.15, 0.2) is 0 Å². The molecule has 1 aliphatic heterocycles. The zero-order valence-electron chi connectivity index (χ0n) is 4.96. The molecule has 1 aliphatic rings. The summed E-state index contributed by atoms with van der Waals surface area (Å²) in [6, 6.07) is 0. The van der Waals surface area contributed by atoms with Crippen molar-refractivity contribution < 1.29 is 0 Å². The summed E-state index contributed by atoms with van der Waals surface area (Å²) >= 11 is 0. The van der Waals surface area contributed by atoms with E-state index >= 15 is 0 Å². The number of hydrogen-bond acceptors (Lipinski definition) is 2.